The van der Waals surface area contributed by atoms with Gasteiger partial charge >= 0.3 is 0 Å². The highest BCUT2D eigenvalue weighted by Gasteiger charge is 2.25. The van der Waals surface area contributed by atoms with Crippen molar-refractivity contribution in [2.45, 2.75) is 19.4 Å². The van der Waals surface area contributed by atoms with E-state index in [0.717, 1.165) is 6.26 Å². The van der Waals surface area contributed by atoms with Crippen molar-refractivity contribution >= 4 is 10.1 Å². The van der Waals surface area contributed by atoms with Gasteiger partial charge in [0, 0.05) is 12.5 Å². The van der Waals surface area contributed by atoms with Gasteiger partial charge in [0.1, 0.15) is 0 Å². The molecule has 0 radical (unpaired) electrons. The third kappa shape index (κ3) is 3.08. The maximum absolute atomic E-state index is 10.8. The monoisotopic (exact) mass is 194 g/mol. The lowest BCUT2D eigenvalue weighted by molar-refractivity contribution is -0.0133. The van der Waals surface area contributed by atoms with Crippen LogP contribution in [0.5, 0.6) is 0 Å². The molecular formula is C7H14O4S. The highest BCUT2D eigenvalue weighted by Crippen LogP contribution is 2.18. The molecule has 0 aromatic rings. The van der Waals surface area contributed by atoms with E-state index in [4.69, 9.17) is 8.92 Å². The fourth-order valence-electron chi connectivity index (χ4n) is 1.23. The lowest BCUT2D eigenvalue weighted by Crippen LogP contribution is -2.33. The van der Waals surface area contributed by atoms with Gasteiger partial charge in [0.15, 0.2) is 0 Å². The molecule has 0 aromatic heterocycles. The van der Waals surface area contributed by atoms with E-state index in [1.807, 2.05) is 6.92 Å². The van der Waals surface area contributed by atoms with E-state index >= 15 is 0 Å². The largest absolute Gasteiger partial charge is 0.381 e. The molecule has 12 heavy (non-hydrogen) atoms. The van der Waals surface area contributed by atoms with Crippen molar-refractivity contribution in [1.29, 1.82) is 0 Å². The zero-order valence-corrected chi connectivity index (χ0v) is 8.13. The van der Waals surface area contributed by atoms with Crippen molar-refractivity contribution in [3.8, 4) is 0 Å². The Labute approximate surface area is 73.0 Å². The second-order valence-corrected chi connectivity index (χ2v) is 4.78. The zero-order chi connectivity index (χ0) is 9.19. The molecule has 2 unspecified atom stereocenters. The average molecular weight is 194 g/mol. The highest BCUT2D eigenvalue weighted by atomic mass is 32.2. The van der Waals surface area contributed by atoms with Crippen LogP contribution in [0, 0.1) is 5.92 Å². The SMILES string of the molecule is CC1COCCC1OS(C)(=O)=O. The van der Waals surface area contributed by atoms with Gasteiger partial charge in [-0.1, -0.05) is 6.92 Å². The summed E-state index contributed by atoms with van der Waals surface area (Å²) in [6.07, 6.45) is 1.54. The van der Waals surface area contributed by atoms with Crippen LogP contribution in [0.4, 0.5) is 0 Å². The Kier molecular flexibility index (Phi) is 3.09. The quantitative estimate of drug-likeness (QED) is 0.597. The molecule has 1 aliphatic rings. The third-order valence-corrected chi connectivity index (χ3v) is 2.46. The van der Waals surface area contributed by atoms with Gasteiger partial charge in [0.2, 0.25) is 0 Å². The average Bonchev–Trinajstić information content (AvgIpc) is 1.91. The third-order valence-electron chi connectivity index (χ3n) is 1.86. The molecule has 1 heterocycles. The van der Waals surface area contributed by atoms with E-state index < -0.39 is 10.1 Å². The van der Waals surface area contributed by atoms with Crippen LogP contribution in [0.15, 0.2) is 0 Å². The Morgan fingerprint density at radius 1 is 1.50 bits per heavy atom. The second-order valence-electron chi connectivity index (χ2n) is 3.18. The minimum Gasteiger partial charge on any atom is -0.381 e. The van der Waals surface area contributed by atoms with Crippen molar-refractivity contribution in [2.75, 3.05) is 19.5 Å². The van der Waals surface area contributed by atoms with Gasteiger partial charge in [0.25, 0.3) is 10.1 Å². The van der Waals surface area contributed by atoms with Crippen LogP contribution >= 0.6 is 0 Å². The van der Waals surface area contributed by atoms with Crippen molar-refractivity contribution in [3.05, 3.63) is 0 Å². The molecule has 1 aliphatic heterocycles. The molecule has 0 bridgehead atoms. The summed E-state index contributed by atoms with van der Waals surface area (Å²) in [5.74, 6) is 0.161. The Bertz CT molecular complexity index is 234. The first-order valence-electron chi connectivity index (χ1n) is 3.95. The summed E-state index contributed by atoms with van der Waals surface area (Å²) in [6, 6.07) is 0. The molecule has 0 N–H and O–H groups in total. The molecule has 2 atom stereocenters. The Morgan fingerprint density at radius 2 is 2.17 bits per heavy atom. The molecule has 0 aliphatic carbocycles. The molecule has 0 spiro atoms. The number of hydrogen-bond acceptors (Lipinski definition) is 4. The van der Waals surface area contributed by atoms with Gasteiger partial charge in [-0.3, -0.25) is 4.18 Å². The van der Waals surface area contributed by atoms with Crippen molar-refractivity contribution in [3.63, 3.8) is 0 Å². The zero-order valence-electron chi connectivity index (χ0n) is 7.32. The molecule has 1 rings (SSSR count). The summed E-state index contributed by atoms with van der Waals surface area (Å²) in [6.45, 7) is 3.10. The minimum absolute atomic E-state index is 0.161. The van der Waals surface area contributed by atoms with E-state index in [9.17, 15) is 8.42 Å². The predicted molar refractivity (Wildman–Crippen MR) is 44.3 cm³/mol. The summed E-state index contributed by atoms with van der Waals surface area (Å²) in [5, 5.41) is 0. The summed E-state index contributed by atoms with van der Waals surface area (Å²) in [4.78, 5) is 0. The molecule has 0 saturated carbocycles. The van der Waals surface area contributed by atoms with E-state index in [1.54, 1.807) is 0 Å². The topological polar surface area (TPSA) is 52.6 Å². The van der Waals surface area contributed by atoms with Gasteiger partial charge in [-0.25, -0.2) is 0 Å². The lowest BCUT2D eigenvalue weighted by atomic mass is 10.0. The number of ether oxygens (including phenoxy) is 1. The molecule has 0 aromatic carbocycles. The second kappa shape index (κ2) is 3.72. The highest BCUT2D eigenvalue weighted by molar-refractivity contribution is 7.86. The molecule has 1 fully saturated rings. The van der Waals surface area contributed by atoms with Crippen molar-refractivity contribution in [1.82, 2.24) is 0 Å². The van der Waals surface area contributed by atoms with E-state index in [2.05, 4.69) is 0 Å². The van der Waals surface area contributed by atoms with Gasteiger partial charge in [-0.15, -0.1) is 0 Å². The molecule has 0 amide bonds. The summed E-state index contributed by atoms with van der Waals surface area (Å²) < 4.78 is 31.6. The van der Waals surface area contributed by atoms with Crippen molar-refractivity contribution < 1.29 is 17.3 Å². The normalized spacial score (nSPS) is 31.8. The Hall–Kier alpha value is -0.130. The van der Waals surface area contributed by atoms with Crippen LogP contribution in [0.25, 0.3) is 0 Å². The first kappa shape index (κ1) is 9.95. The molecular weight excluding hydrogens is 180 g/mol. The smallest absolute Gasteiger partial charge is 0.264 e. The fourth-order valence-corrected chi connectivity index (χ4v) is 1.96. The molecule has 72 valence electrons. The Morgan fingerprint density at radius 3 is 2.67 bits per heavy atom. The van der Waals surface area contributed by atoms with Crippen LogP contribution in [-0.2, 0) is 19.0 Å². The molecule has 5 heteroatoms. The standard InChI is InChI=1S/C7H14O4S/c1-6-5-10-4-3-7(6)11-12(2,8)9/h6-7H,3-5H2,1-2H3. The van der Waals surface area contributed by atoms with Gasteiger partial charge < -0.3 is 4.74 Å². The maximum Gasteiger partial charge on any atom is 0.264 e. The van der Waals surface area contributed by atoms with Crippen molar-refractivity contribution in [2.24, 2.45) is 5.92 Å². The minimum atomic E-state index is -3.31. The predicted octanol–water partition coefficient (Wildman–Crippen LogP) is 0.388. The molecule has 4 nitrogen and oxygen atoms in total. The van der Waals surface area contributed by atoms with Crippen LogP contribution < -0.4 is 0 Å². The van der Waals surface area contributed by atoms with Crippen LogP contribution in [-0.4, -0.2) is 34.0 Å². The first-order chi connectivity index (χ1) is 5.49. The van der Waals surface area contributed by atoms with Crippen LogP contribution in [0.2, 0.25) is 0 Å². The van der Waals surface area contributed by atoms with E-state index in [0.29, 0.717) is 19.6 Å². The van der Waals surface area contributed by atoms with Crippen LogP contribution in [0.3, 0.4) is 0 Å². The lowest BCUT2D eigenvalue weighted by Gasteiger charge is -2.27. The van der Waals surface area contributed by atoms with Gasteiger partial charge in [-0.05, 0) is 6.42 Å². The maximum atomic E-state index is 10.8. The van der Waals surface area contributed by atoms with E-state index in [1.165, 1.54) is 0 Å². The summed E-state index contributed by atoms with van der Waals surface area (Å²) in [5.41, 5.74) is 0. The summed E-state index contributed by atoms with van der Waals surface area (Å²) >= 11 is 0. The van der Waals surface area contributed by atoms with Gasteiger partial charge in [-0.2, -0.15) is 8.42 Å². The Balaban J connectivity index is 2.50. The summed E-state index contributed by atoms with van der Waals surface area (Å²) in [7, 11) is -3.31. The van der Waals surface area contributed by atoms with E-state index in [-0.39, 0.29) is 12.0 Å². The van der Waals surface area contributed by atoms with Crippen LogP contribution in [0.1, 0.15) is 13.3 Å². The number of rotatable bonds is 2. The number of hydrogen-bond donors (Lipinski definition) is 0. The van der Waals surface area contributed by atoms with Gasteiger partial charge in [0.05, 0.1) is 19.0 Å². The molecule has 1 saturated heterocycles. The first-order valence-corrected chi connectivity index (χ1v) is 5.76. The fraction of sp³-hybridized carbons (Fsp3) is 1.00.